The molecule has 5 heteroatoms. The van der Waals surface area contributed by atoms with Gasteiger partial charge in [-0.15, -0.1) is 0 Å². The predicted molar refractivity (Wildman–Crippen MR) is 78.2 cm³/mol. The molecule has 112 valence electrons. The summed E-state index contributed by atoms with van der Waals surface area (Å²) in [7, 11) is 0. The van der Waals surface area contributed by atoms with Crippen molar-refractivity contribution in [2.24, 2.45) is 11.8 Å². The molecule has 5 nitrogen and oxygen atoms in total. The first-order valence-electron chi connectivity index (χ1n) is 6.64. The van der Waals surface area contributed by atoms with Gasteiger partial charge in [0.25, 0.3) is 5.69 Å². The summed E-state index contributed by atoms with van der Waals surface area (Å²) in [5.41, 5.74) is 0.376. The van der Waals surface area contributed by atoms with E-state index in [2.05, 4.69) is 20.8 Å². The molecule has 0 unspecified atom stereocenters. The van der Waals surface area contributed by atoms with Crippen molar-refractivity contribution in [3.05, 3.63) is 39.9 Å². The molecule has 0 saturated heterocycles. The summed E-state index contributed by atoms with van der Waals surface area (Å²) in [5.74, 6) is 0.237. The Kier molecular flexibility index (Phi) is 8.20. The molecule has 0 aliphatic carbocycles. The van der Waals surface area contributed by atoms with Gasteiger partial charge in [-0.05, 0) is 12.0 Å². The lowest BCUT2D eigenvalue weighted by Crippen LogP contribution is -2.11. The van der Waals surface area contributed by atoms with Crippen LogP contribution in [-0.2, 0) is 16.1 Å². The Morgan fingerprint density at radius 1 is 1.20 bits per heavy atom. The first kappa shape index (κ1) is 18.1. The van der Waals surface area contributed by atoms with Crippen molar-refractivity contribution in [3.63, 3.8) is 0 Å². The highest BCUT2D eigenvalue weighted by molar-refractivity contribution is 5.71. The minimum Gasteiger partial charge on any atom is -0.460 e. The van der Waals surface area contributed by atoms with Gasteiger partial charge in [-0.2, -0.15) is 0 Å². The number of nitro benzene ring substituents is 1. The largest absolute Gasteiger partial charge is 0.460 e. The van der Waals surface area contributed by atoms with Gasteiger partial charge in [0.1, 0.15) is 6.61 Å². The molecule has 0 atom stereocenters. The number of para-hydroxylation sites is 1. The van der Waals surface area contributed by atoms with Gasteiger partial charge in [-0.25, -0.2) is 0 Å². The van der Waals surface area contributed by atoms with E-state index in [1.54, 1.807) is 32.0 Å². The molecule has 1 aromatic rings. The predicted octanol–water partition coefficient (Wildman–Crippen LogP) is 3.96. The van der Waals surface area contributed by atoms with Crippen LogP contribution in [-0.4, -0.2) is 10.9 Å². The fourth-order valence-corrected chi connectivity index (χ4v) is 1.13. The number of nitrogens with zero attached hydrogens (tertiary/aromatic N) is 1. The van der Waals surface area contributed by atoms with Crippen molar-refractivity contribution in [3.8, 4) is 0 Å². The van der Waals surface area contributed by atoms with Crippen molar-refractivity contribution in [2.75, 3.05) is 0 Å². The van der Waals surface area contributed by atoms with Crippen LogP contribution in [0.5, 0.6) is 0 Å². The van der Waals surface area contributed by atoms with E-state index in [1.165, 1.54) is 6.07 Å². The van der Waals surface area contributed by atoms with E-state index in [0.29, 0.717) is 5.56 Å². The summed E-state index contributed by atoms with van der Waals surface area (Å²) < 4.78 is 4.94. The zero-order valence-corrected chi connectivity index (χ0v) is 12.8. The molecule has 0 aliphatic heterocycles. The van der Waals surface area contributed by atoms with E-state index in [4.69, 9.17) is 4.74 Å². The quantitative estimate of drug-likeness (QED) is 0.476. The van der Waals surface area contributed by atoms with E-state index >= 15 is 0 Å². The zero-order chi connectivity index (χ0) is 15.7. The van der Waals surface area contributed by atoms with Crippen LogP contribution in [0.2, 0.25) is 0 Å². The van der Waals surface area contributed by atoms with Gasteiger partial charge < -0.3 is 4.74 Å². The first-order chi connectivity index (χ1) is 9.25. The lowest BCUT2D eigenvalue weighted by Gasteiger charge is -2.07. The van der Waals surface area contributed by atoms with E-state index in [-0.39, 0.29) is 24.2 Å². The summed E-state index contributed by atoms with van der Waals surface area (Å²) in [6, 6.07) is 6.21. The molecule has 0 N–H and O–H groups in total. The van der Waals surface area contributed by atoms with Crippen molar-refractivity contribution in [1.29, 1.82) is 0 Å². The van der Waals surface area contributed by atoms with Crippen LogP contribution in [0.15, 0.2) is 24.3 Å². The standard InChI is InChI=1S/C11H13NO4.C4H10/c1-8(2)11(13)16-7-9-5-3-4-6-10(9)12(14)15;1-4(2)3/h3-6,8H,7H2,1-2H3;4H,1-3H3. The van der Waals surface area contributed by atoms with E-state index in [9.17, 15) is 14.9 Å². The maximum Gasteiger partial charge on any atom is 0.308 e. The lowest BCUT2D eigenvalue weighted by atomic mass is 10.2. The van der Waals surface area contributed by atoms with E-state index in [0.717, 1.165) is 5.92 Å². The number of carbonyl (C=O) groups excluding carboxylic acids is 1. The molecule has 0 spiro atoms. The third-order valence-corrected chi connectivity index (χ3v) is 2.03. The van der Waals surface area contributed by atoms with Crippen LogP contribution in [0.4, 0.5) is 5.69 Å². The number of carbonyl (C=O) groups is 1. The summed E-state index contributed by atoms with van der Waals surface area (Å²) in [4.78, 5) is 21.4. The van der Waals surface area contributed by atoms with Crippen molar-refractivity contribution >= 4 is 11.7 Å². The minimum atomic E-state index is -0.488. The van der Waals surface area contributed by atoms with E-state index in [1.807, 2.05) is 0 Å². The van der Waals surface area contributed by atoms with Gasteiger partial charge in [0.2, 0.25) is 0 Å². The number of hydrogen-bond acceptors (Lipinski definition) is 4. The molecular weight excluding hydrogens is 258 g/mol. The SMILES string of the molecule is CC(C)C.CC(C)C(=O)OCc1ccccc1[N+](=O)[O-]. The highest BCUT2D eigenvalue weighted by Crippen LogP contribution is 2.18. The van der Waals surface area contributed by atoms with Crippen LogP contribution < -0.4 is 0 Å². The number of nitro groups is 1. The van der Waals surface area contributed by atoms with Crippen molar-refractivity contribution < 1.29 is 14.5 Å². The minimum absolute atomic E-state index is 0.0287. The normalized spacial score (nSPS) is 9.95. The molecule has 0 amide bonds. The van der Waals surface area contributed by atoms with Crippen molar-refractivity contribution in [1.82, 2.24) is 0 Å². The molecule has 0 radical (unpaired) electrons. The number of ether oxygens (including phenoxy) is 1. The summed E-state index contributed by atoms with van der Waals surface area (Å²) in [5, 5.41) is 10.7. The fourth-order valence-electron chi connectivity index (χ4n) is 1.13. The van der Waals surface area contributed by atoms with Crippen LogP contribution in [0.3, 0.4) is 0 Å². The second-order valence-electron chi connectivity index (χ2n) is 5.38. The van der Waals surface area contributed by atoms with E-state index < -0.39 is 4.92 Å². The molecule has 0 aromatic heterocycles. The Bertz CT molecular complexity index is 438. The third-order valence-electron chi connectivity index (χ3n) is 2.03. The molecule has 0 saturated carbocycles. The Labute approximate surface area is 120 Å². The van der Waals surface area contributed by atoms with Crippen LogP contribution in [0, 0.1) is 22.0 Å². The molecule has 1 rings (SSSR count). The molecule has 0 heterocycles. The highest BCUT2D eigenvalue weighted by Gasteiger charge is 2.15. The average molecular weight is 281 g/mol. The highest BCUT2D eigenvalue weighted by atomic mass is 16.6. The molecule has 0 aliphatic rings. The maximum atomic E-state index is 11.2. The number of hydrogen-bond donors (Lipinski definition) is 0. The number of rotatable bonds is 4. The maximum absolute atomic E-state index is 11.2. The van der Waals surface area contributed by atoms with Gasteiger partial charge in [0.05, 0.1) is 16.4 Å². The average Bonchev–Trinajstić information content (AvgIpc) is 2.35. The van der Waals surface area contributed by atoms with Crippen LogP contribution in [0.25, 0.3) is 0 Å². The monoisotopic (exact) mass is 281 g/mol. The topological polar surface area (TPSA) is 69.4 Å². The third kappa shape index (κ3) is 7.51. The Morgan fingerprint density at radius 2 is 1.70 bits per heavy atom. The fraction of sp³-hybridized carbons (Fsp3) is 0.533. The Hall–Kier alpha value is -1.91. The summed E-state index contributed by atoms with van der Waals surface area (Å²) in [6.07, 6.45) is 0. The molecule has 0 fully saturated rings. The van der Waals surface area contributed by atoms with Gasteiger partial charge in [-0.1, -0.05) is 46.8 Å². The van der Waals surface area contributed by atoms with Gasteiger partial charge in [0, 0.05) is 6.07 Å². The van der Waals surface area contributed by atoms with Gasteiger partial charge in [0.15, 0.2) is 0 Å². The number of benzene rings is 1. The van der Waals surface area contributed by atoms with Crippen molar-refractivity contribution in [2.45, 2.75) is 41.2 Å². The lowest BCUT2D eigenvalue weighted by molar-refractivity contribution is -0.385. The summed E-state index contributed by atoms with van der Waals surface area (Å²) >= 11 is 0. The second kappa shape index (κ2) is 9.07. The summed E-state index contributed by atoms with van der Waals surface area (Å²) in [6.45, 7) is 9.86. The molecule has 0 bridgehead atoms. The Balaban J connectivity index is 0.000000796. The molecule has 1 aromatic carbocycles. The van der Waals surface area contributed by atoms with Gasteiger partial charge in [-0.3, -0.25) is 14.9 Å². The smallest absolute Gasteiger partial charge is 0.308 e. The second-order valence-corrected chi connectivity index (χ2v) is 5.38. The molecule has 20 heavy (non-hydrogen) atoms. The van der Waals surface area contributed by atoms with Gasteiger partial charge >= 0.3 is 5.97 Å². The zero-order valence-electron chi connectivity index (χ0n) is 12.8. The molecular formula is C15H23NO4. The Morgan fingerprint density at radius 3 is 2.15 bits per heavy atom. The first-order valence-corrected chi connectivity index (χ1v) is 6.64. The number of esters is 1. The van der Waals surface area contributed by atoms with Crippen LogP contribution in [0.1, 0.15) is 40.2 Å². The van der Waals surface area contributed by atoms with Crippen LogP contribution >= 0.6 is 0 Å².